The molecule has 4 aliphatic carbocycles. The molecule has 0 heterocycles. The van der Waals surface area contributed by atoms with E-state index in [1.54, 1.807) is 0 Å². The predicted octanol–water partition coefficient (Wildman–Crippen LogP) is 4.35. The second kappa shape index (κ2) is 6.65. The standard InChI is InChI=1S/C23H32N2O2/c1-22(2,3)19-6-4-18(5-7-19)21(27)25-24-20(26)14-23-11-15-8-16(12-23)10-17(9-15)13-23/h4-7,15-17H,8-14H2,1-3H3,(H,24,26)(H,25,27). The molecule has 0 spiro atoms. The fourth-order valence-corrected chi connectivity index (χ4v) is 6.21. The first-order valence-electron chi connectivity index (χ1n) is 10.4. The third kappa shape index (κ3) is 3.90. The maximum absolute atomic E-state index is 12.5. The van der Waals surface area contributed by atoms with Gasteiger partial charge in [0, 0.05) is 12.0 Å². The van der Waals surface area contributed by atoms with Crippen molar-refractivity contribution in [2.75, 3.05) is 0 Å². The van der Waals surface area contributed by atoms with Crippen LogP contribution in [0.2, 0.25) is 0 Å². The number of carbonyl (C=O) groups excluding carboxylic acids is 2. The van der Waals surface area contributed by atoms with Gasteiger partial charge in [0.25, 0.3) is 5.91 Å². The first kappa shape index (κ1) is 18.5. The van der Waals surface area contributed by atoms with E-state index in [0.29, 0.717) is 12.0 Å². The second-order valence-electron chi connectivity index (χ2n) is 10.4. The molecule has 0 radical (unpaired) electrons. The first-order chi connectivity index (χ1) is 12.7. The van der Waals surface area contributed by atoms with Crippen molar-refractivity contribution in [3.8, 4) is 0 Å². The van der Waals surface area contributed by atoms with Gasteiger partial charge in [-0.25, -0.2) is 0 Å². The van der Waals surface area contributed by atoms with Gasteiger partial charge in [-0.3, -0.25) is 20.4 Å². The van der Waals surface area contributed by atoms with Crippen LogP contribution < -0.4 is 10.9 Å². The van der Waals surface area contributed by atoms with Gasteiger partial charge in [-0.05, 0) is 84.8 Å². The van der Waals surface area contributed by atoms with Gasteiger partial charge in [-0.1, -0.05) is 32.9 Å². The number of nitrogens with one attached hydrogen (secondary N) is 2. The van der Waals surface area contributed by atoms with Crippen molar-refractivity contribution in [3.05, 3.63) is 35.4 Å². The zero-order valence-corrected chi connectivity index (χ0v) is 16.8. The molecular weight excluding hydrogens is 336 g/mol. The first-order valence-corrected chi connectivity index (χ1v) is 10.4. The fraction of sp³-hybridized carbons (Fsp3) is 0.652. The van der Waals surface area contributed by atoms with E-state index in [2.05, 4.69) is 31.6 Å². The van der Waals surface area contributed by atoms with Crippen LogP contribution in [-0.4, -0.2) is 11.8 Å². The van der Waals surface area contributed by atoms with Crippen molar-refractivity contribution in [3.63, 3.8) is 0 Å². The lowest BCUT2D eigenvalue weighted by atomic mass is 9.49. The van der Waals surface area contributed by atoms with E-state index < -0.39 is 0 Å². The molecule has 2 N–H and O–H groups in total. The Bertz CT molecular complexity index is 694. The molecule has 4 aliphatic rings. The van der Waals surface area contributed by atoms with Crippen LogP contribution >= 0.6 is 0 Å². The predicted molar refractivity (Wildman–Crippen MR) is 106 cm³/mol. The number of carbonyl (C=O) groups is 2. The minimum Gasteiger partial charge on any atom is -0.273 e. The van der Waals surface area contributed by atoms with E-state index in [-0.39, 0.29) is 22.6 Å². The summed E-state index contributed by atoms with van der Waals surface area (Å²) in [5.74, 6) is 2.20. The lowest BCUT2D eigenvalue weighted by Gasteiger charge is -2.56. The van der Waals surface area contributed by atoms with Gasteiger partial charge in [0.1, 0.15) is 0 Å². The van der Waals surface area contributed by atoms with Gasteiger partial charge in [0.15, 0.2) is 0 Å². The van der Waals surface area contributed by atoms with Crippen LogP contribution in [0.5, 0.6) is 0 Å². The molecule has 4 heteroatoms. The number of amides is 2. The summed E-state index contributed by atoms with van der Waals surface area (Å²) in [6.45, 7) is 6.44. The molecule has 4 fully saturated rings. The Balaban J connectivity index is 1.31. The summed E-state index contributed by atoms with van der Waals surface area (Å²) in [7, 11) is 0. The minimum atomic E-state index is -0.255. The Labute approximate surface area is 162 Å². The summed E-state index contributed by atoms with van der Waals surface area (Å²) in [6.07, 6.45) is 8.30. The van der Waals surface area contributed by atoms with Crippen LogP contribution in [0.3, 0.4) is 0 Å². The normalized spacial score (nSPS) is 31.6. The molecule has 5 rings (SSSR count). The van der Waals surface area contributed by atoms with Crippen molar-refractivity contribution >= 4 is 11.8 Å². The summed E-state index contributed by atoms with van der Waals surface area (Å²) in [5, 5.41) is 0. The lowest BCUT2D eigenvalue weighted by Crippen LogP contribution is -2.50. The summed E-state index contributed by atoms with van der Waals surface area (Å²) < 4.78 is 0. The summed E-state index contributed by atoms with van der Waals surface area (Å²) in [4.78, 5) is 24.9. The van der Waals surface area contributed by atoms with Gasteiger partial charge in [-0.2, -0.15) is 0 Å². The molecule has 4 bridgehead atoms. The van der Waals surface area contributed by atoms with E-state index in [0.717, 1.165) is 17.8 Å². The molecule has 0 unspecified atom stereocenters. The number of hydrogen-bond donors (Lipinski definition) is 2. The molecule has 0 aromatic heterocycles. The number of hydrazine groups is 1. The van der Waals surface area contributed by atoms with Gasteiger partial charge >= 0.3 is 0 Å². The Morgan fingerprint density at radius 3 is 1.93 bits per heavy atom. The average Bonchev–Trinajstić information content (AvgIpc) is 2.57. The summed E-state index contributed by atoms with van der Waals surface area (Å²) in [5.41, 5.74) is 7.27. The highest BCUT2D eigenvalue weighted by Crippen LogP contribution is 2.61. The molecule has 4 nitrogen and oxygen atoms in total. The maximum atomic E-state index is 12.5. The van der Waals surface area contributed by atoms with Crippen molar-refractivity contribution in [1.29, 1.82) is 0 Å². The highest BCUT2D eigenvalue weighted by atomic mass is 16.2. The topological polar surface area (TPSA) is 58.2 Å². The quantitative estimate of drug-likeness (QED) is 0.779. The Morgan fingerprint density at radius 2 is 1.44 bits per heavy atom. The van der Waals surface area contributed by atoms with E-state index in [9.17, 15) is 9.59 Å². The van der Waals surface area contributed by atoms with Crippen LogP contribution in [0.15, 0.2) is 24.3 Å². The van der Waals surface area contributed by atoms with Crippen molar-refractivity contribution in [1.82, 2.24) is 10.9 Å². The van der Waals surface area contributed by atoms with Gasteiger partial charge < -0.3 is 0 Å². The third-order valence-corrected chi connectivity index (χ3v) is 7.03. The van der Waals surface area contributed by atoms with Gasteiger partial charge in [0.2, 0.25) is 5.91 Å². The molecular formula is C23H32N2O2. The Hall–Kier alpha value is -1.84. The smallest absolute Gasteiger partial charge is 0.269 e. The van der Waals surface area contributed by atoms with Crippen molar-refractivity contribution < 1.29 is 9.59 Å². The largest absolute Gasteiger partial charge is 0.273 e. The van der Waals surface area contributed by atoms with Gasteiger partial charge in [0.05, 0.1) is 0 Å². The molecule has 4 saturated carbocycles. The van der Waals surface area contributed by atoms with Crippen LogP contribution in [0.25, 0.3) is 0 Å². The highest BCUT2D eigenvalue weighted by molar-refractivity contribution is 5.95. The number of hydrogen-bond acceptors (Lipinski definition) is 2. The number of benzene rings is 1. The van der Waals surface area contributed by atoms with Crippen LogP contribution in [0, 0.1) is 23.2 Å². The monoisotopic (exact) mass is 368 g/mol. The van der Waals surface area contributed by atoms with E-state index >= 15 is 0 Å². The molecule has 0 saturated heterocycles. The van der Waals surface area contributed by atoms with E-state index in [1.165, 1.54) is 44.1 Å². The summed E-state index contributed by atoms with van der Waals surface area (Å²) in [6, 6.07) is 7.60. The molecule has 0 aliphatic heterocycles. The fourth-order valence-electron chi connectivity index (χ4n) is 6.21. The zero-order chi connectivity index (χ0) is 19.2. The van der Waals surface area contributed by atoms with Crippen LogP contribution in [0.1, 0.15) is 81.6 Å². The SMILES string of the molecule is CC(C)(C)c1ccc(C(=O)NNC(=O)CC23CC4CC(CC(C4)C2)C3)cc1. The highest BCUT2D eigenvalue weighted by Gasteiger charge is 2.51. The minimum absolute atomic E-state index is 0.0448. The van der Waals surface area contributed by atoms with Crippen molar-refractivity contribution in [2.24, 2.45) is 23.2 Å². The molecule has 1 aromatic carbocycles. The molecule has 0 atom stereocenters. The second-order valence-corrected chi connectivity index (χ2v) is 10.4. The van der Waals surface area contributed by atoms with E-state index in [1.807, 2.05) is 24.3 Å². The van der Waals surface area contributed by atoms with Crippen LogP contribution in [-0.2, 0) is 10.2 Å². The van der Waals surface area contributed by atoms with Crippen molar-refractivity contribution in [2.45, 2.75) is 71.1 Å². The average molecular weight is 369 g/mol. The van der Waals surface area contributed by atoms with E-state index in [4.69, 9.17) is 0 Å². The Kier molecular flexibility index (Phi) is 4.56. The molecule has 1 aromatic rings. The molecule has 146 valence electrons. The zero-order valence-electron chi connectivity index (χ0n) is 16.8. The van der Waals surface area contributed by atoms with Crippen LogP contribution in [0.4, 0.5) is 0 Å². The molecule has 27 heavy (non-hydrogen) atoms. The summed E-state index contributed by atoms with van der Waals surface area (Å²) >= 11 is 0. The third-order valence-electron chi connectivity index (χ3n) is 7.03. The number of rotatable bonds is 3. The van der Waals surface area contributed by atoms with Gasteiger partial charge in [-0.15, -0.1) is 0 Å². The maximum Gasteiger partial charge on any atom is 0.269 e. The Morgan fingerprint density at radius 1 is 0.926 bits per heavy atom. The lowest BCUT2D eigenvalue weighted by molar-refractivity contribution is -0.130. The molecule has 2 amide bonds.